The van der Waals surface area contributed by atoms with Gasteiger partial charge >= 0.3 is 5.97 Å². The van der Waals surface area contributed by atoms with Gasteiger partial charge in [0.05, 0.1) is 6.54 Å². The lowest BCUT2D eigenvalue weighted by Crippen LogP contribution is -2.32. The van der Waals surface area contributed by atoms with Crippen molar-refractivity contribution in [3.63, 3.8) is 0 Å². The Kier molecular flexibility index (Phi) is 5.01. The summed E-state index contributed by atoms with van der Waals surface area (Å²) in [5, 5.41) is 8.75. The molecule has 0 radical (unpaired) electrons. The van der Waals surface area contributed by atoms with Gasteiger partial charge in [-0.05, 0) is 43.5 Å². The molecule has 0 aromatic heterocycles. The quantitative estimate of drug-likeness (QED) is 0.897. The molecule has 4 heteroatoms. The maximum absolute atomic E-state index is 10.6. The number of rotatable bonds is 5. The van der Waals surface area contributed by atoms with E-state index in [0.717, 1.165) is 24.6 Å². The van der Waals surface area contributed by atoms with Gasteiger partial charge in [0.1, 0.15) is 0 Å². The third-order valence-corrected chi connectivity index (χ3v) is 3.94. The molecule has 2 rings (SSSR count). The van der Waals surface area contributed by atoms with Gasteiger partial charge in [-0.2, -0.15) is 0 Å². The highest BCUT2D eigenvalue weighted by Crippen LogP contribution is 2.23. The number of benzene rings is 1. The van der Waals surface area contributed by atoms with Gasteiger partial charge in [0.25, 0.3) is 0 Å². The summed E-state index contributed by atoms with van der Waals surface area (Å²) in [5.41, 5.74) is 2.43. The molecule has 1 fully saturated rings. The van der Waals surface area contributed by atoms with E-state index in [1.54, 1.807) is 4.90 Å². The van der Waals surface area contributed by atoms with E-state index in [0.29, 0.717) is 6.54 Å². The monoisotopic (exact) mass is 276 g/mol. The molecule has 0 aliphatic carbocycles. The Morgan fingerprint density at radius 3 is 2.45 bits per heavy atom. The second-order valence-electron chi connectivity index (χ2n) is 5.90. The molecule has 0 saturated carbocycles. The SMILES string of the molecule is CC1CCN(c2ccc(CN(C)CC(=O)O)cc2)CC1. The van der Waals surface area contributed by atoms with E-state index < -0.39 is 5.97 Å². The highest BCUT2D eigenvalue weighted by atomic mass is 16.4. The van der Waals surface area contributed by atoms with Crippen molar-refractivity contribution < 1.29 is 9.90 Å². The molecular weight excluding hydrogens is 252 g/mol. The molecule has 0 atom stereocenters. The van der Waals surface area contributed by atoms with Crippen LogP contribution in [0.1, 0.15) is 25.3 Å². The smallest absolute Gasteiger partial charge is 0.317 e. The average molecular weight is 276 g/mol. The van der Waals surface area contributed by atoms with Gasteiger partial charge in [0, 0.05) is 25.3 Å². The lowest BCUT2D eigenvalue weighted by atomic mass is 9.98. The summed E-state index contributed by atoms with van der Waals surface area (Å²) in [6.07, 6.45) is 2.53. The zero-order chi connectivity index (χ0) is 14.5. The number of nitrogens with zero attached hydrogens (tertiary/aromatic N) is 2. The van der Waals surface area contributed by atoms with E-state index in [1.165, 1.54) is 18.5 Å². The minimum atomic E-state index is -0.786. The van der Waals surface area contributed by atoms with Crippen molar-refractivity contribution >= 4 is 11.7 Å². The summed E-state index contributed by atoms with van der Waals surface area (Å²) in [4.78, 5) is 14.9. The van der Waals surface area contributed by atoms with Gasteiger partial charge in [-0.15, -0.1) is 0 Å². The van der Waals surface area contributed by atoms with Gasteiger partial charge in [0.15, 0.2) is 0 Å². The Hall–Kier alpha value is -1.55. The molecule has 1 N–H and O–H groups in total. The van der Waals surface area contributed by atoms with E-state index in [1.807, 2.05) is 7.05 Å². The fraction of sp³-hybridized carbons (Fsp3) is 0.562. The van der Waals surface area contributed by atoms with Crippen LogP contribution in [0.15, 0.2) is 24.3 Å². The molecule has 4 nitrogen and oxygen atoms in total. The maximum atomic E-state index is 10.6. The standard InChI is InChI=1S/C16H24N2O2/c1-13-7-9-18(10-8-13)15-5-3-14(4-6-15)11-17(2)12-16(19)20/h3-6,13H,7-12H2,1-2H3,(H,19,20). The normalized spacial score (nSPS) is 16.6. The van der Waals surface area contributed by atoms with Crippen LogP contribution < -0.4 is 4.90 Å². The summed E-state index contributed by atoms with van der Waals surface area (Å²) < 4.78 is 0. The van der Waals surface area contributed by atoms with Crippen molar-refractivity contribution in [3.05, 3.63) is 29.8 Å². The largest absolute Gasteiger partial charge is 0.480 e. The number of hydrogen-bond acceptors (Lipinski definition) is 3. The summed E-state index contributed by atoms with van der Waals surface area (Å²) in [5.74, 6) is 0.0572. The Labute approximate surface area is 121 Å². The topological polar surface area (TPSA) is 43.8 Å². The van der Waals surface area contributed by atoms with Crippen LogP contribution in [0, 0.1) is 5.92 Å². The molecule has 1 aliphatic heterocycles. The zero-order valence-electron chi connectivity index (χ0n) is 12.4. The molecule has 0 unspecified atom stereocenters. The number of carboxylic acid groups (broad SMARTS) is 1. The minimum absolute atomic E-state index is 0.0752. The number of piperidine rings is 1. The number of carbonyl (C=O) groups is 1. The summed E-state index contributed by atoms with van der Waals surface area (Å²) in [6, 6.07) is 8.51. The van der Waals surface area contributed by atoms with E-state index in [2.05, 4.69) is 36.1 Å². The van der Waals surface area contributed by atoms with Crippen LogP contribution in [0.4, 0.5) is 5.69 Å². The fourth-order valence-corrected chi connectivity index (χ4v) is 2.68. The second kappa shape index (κ2) is 6.75. The maximum Gasteiger partial charge on any atom is 0.317 e. The lowest BCUT2D eigenvalue weighted by Gasteiger charge is -2.32. The summed E-state index contributed by atoms with van der Waals surface area (Å²) in [7, 11) is 1.83. The van der Waals surface area contributed by atoms with Crippen molar-refractivity contribution in [1.82, 2.24) is 4.90 Å². The first-order chi connectivity index (χ1) is 9.54. The summed E-state index contributed by atoms with van der Waals surface area (Å²) >= 11 is 0. The molecule has 1 aliphatic rings. The third-order valence-electron chi connectivity index (χ3n) is 3.94. The van der Waals surface area contributed by atoms with E-state index in [4.69, 9.17) is 5.11 Å². The molecule has 0 bridgehead atoms. The minimum Gasteiger partial charge on any atom is -0.480 e. The Morgan fingerprint density at radius 2 is 1.90 bits per heavy atom. The summed E-state index contributed by atoms with van der Waals surface area (Å²) in [6.45, 7) is 5.34. The van der Waals surface area contributed by atoms with Crippen LogP contribution >= 0.6 is 0 Å². The predicted molar refractivity (Wildman–Crippen MR) is 81.0 cm³/mol. The first-order valence-electron chi connectivity index (χ1n) is 7.29. The first kappa shape index (κ1) is 14.9. The van der Waals surface area contributed by atoms with Gasteiger partial charge in [-0.25, -0.2) is 0 Å². The van der Waals surface area contributed by atoms with Crippen LogP contribution in [-0.2, 0) is 11.3 Å². The van der Waals surface area contributed by atoms with E-state index >= 15 is 0 Å². The molecule has 1 aromatic rings. The van der Waals surface area contributed by atoms with E-state index in [-0.39, 0.29) is 6.54 Å². The number of anilines is 1. The van der Waals surface area contributed by atoms with Gasteiger partial charge < -0.3 is 10.0 Å². The van der Waals surface area contributed by atoms with Crippen LogP contribution in [0.25, 0.3) is 0 Å². The molecule has 0 amide bonds. The first-order valence-corrected chi connectivity index (χ1v) is 7.29. The number of aliphatic carboxylic acids is 1. The van der Waals surface area contributed by atoms with Crippen LogP contribution in [0.5, 0.6) is 0 Å². The molecular formula is C16H24N2O2. The Morgan fingerprint density at radius 1 is 1.30 bits per heavy atom. The zero-order valence-corrected chi connectivity index (χ0v) is 12.4. The Bertz CT molecular complexity index is 436. The molecule has 0 spiro atoms. The Balaban J connectivity index is 1.91. The van der Waals surface area contributed by atoms with Crippen molar-refractivity contribution in [2.24, 2.45) is 5.92 Å². The molecule has 1 aromatic carbocycles. The predicted octanol–water partition coefficient (Wildman–Crippen LogP) is 2.44. The number of likely N-dealkylation sites (N-methyl/N-ethyl adjacent to an activating group) is 1. The van der Waals surface area contributed by atoms with Crippen LogP contribution in [-0.4, -0.2) is 42.7 Å². The molecule has 1 heterocycles. The van der Waals surface area contributed by atoms with Crippen LogP contribution in [0.2, 0.25) is 0 Å². The van der Waals surface area contributed by atoms with E-state index in [9.17, 15) is 4.79 Å². The van der Waals surface area contributed by atoms with Crippen molar-refractivity contribution in [2.45, 2.75) is 26.3 Å². The third kappa shape index (κ3) is 4.23. The number of hydrogen-bond donors (Lipinski definition) is 1. The van der Waals surface area contributed by atoms with Crippen molar-refractivity contribution in [3.8, 4) is 0 Å². The second-order valence-corrected chi connectivity index (χ2v) is 5.90. The average Bonchev–Trinajstić information content (AvgIpc) is 2.39. The van der Waals surface area contributed by atoms with Gasteiger partial charge in [-0.1, -0.05) is 19.1 Å². The van der Waals surface area contributed by atoms with Crippen molar-refractivity contribution in [2.75, 3.05) is 31.6 Å². The molecule has 110 valence electrons. The molecule has 20 heavy (non-hydrogen) atoms. The van der Waals surface area contributed by atoms with Gasteiger partial charge in [0.2, 0.25) is 0 Å². The van der Waals surface area contributed by atoms with Gasteiger partial charge in [-0.3, -0.25) is 9.69 Å². The highest BCUT2D eigenvalue weighted by Gasteiger charge is 2.15. The van der Waals surface area contributed by atoms with Crippen LogP contribution in [0.3, 0.4) is 0 Å². The highest BCUT2D eigenvalue weighted by molar-refractivity contribution is 5.69. The number of carboxylic acids is 1. The lowest BCUT2D eigenvalue weighted by molar-refractivity contribution is -0.138. The fourth-order valence-electron chi connectivity index (χ4n) is 2.68. The molecule has 1 saturated heterocycles. The van der Waals surface area contributed by atoms with Crippen molar-refractivity contribution in [1.29, 1.82) is 0 Å².